The molecule has 1 unspecified atom stereocenters. The largest absolute Gasteiger partial charge is 0.469 e. The van der Waals surface area contributed by atoms with Crippen LogP contribution >= 0.6 is 11.3 Å². The second-order valence-corrected chi connectivity index (χ2v) is 6.77. The smallest absolute Gasteiger partial charge is 0.313 e. The van der Waals surface area contributed by atoms with Gasteiger partial charge in [0.15, 0.2) is 0 Å². The average molecular weight is 281 g/mol. The van der Waals surface area contributed by atoms with Crippen molar-refractivity contribution in [3.8, 4) is 0 Å². The van der Waals surface area contributed by atoms with Gasteiger partial charge >= 0.3 is 5.97 Å². The number of nitrogens with two attached hydrogens (primary N) is 1. The number of hydrogen-bond acceptors (Lipinski definition) is 4. The number of rotatable bonds is 7. The highest BCUT2D eigenvalue weighted by Gasteiger charge is 2.43. The van der Waals surface area contributed by atoms with E-state index >= 15 is 0 Å². The van der Waals surface area contributed by atoms with E-state index < -0.39 is 5.41 Å². The summed E-state index contributed by atoms with van der Waals surface area (Å²) < 4.78 is 5.03. The molecule has 1 fully saturated rings. The Morgan fingerprint density at radius 2 is 2.16 bits per heavy atom. The van der Waals surface area contributed by atoms with Crippen molar-refractivity contribution >= 4 is 17.3 Å². The van der Waals surface area contributed by atoms with Gasteiger partial charge in [0.25, 0.3) is 0 Å². The van der Waals surface area contributed by atoms with Gasteiger partial charge in [-0.1, -0.05) is 19.8 Å². The highest BCUT2D eigenvalue weighted by Crippen LogP contribution is 2.43. The second-order valence-electron chi connectivity index (χ2n) is 5.52. The Morgan fingerprint density at radius 3 is 2.63 bits per heavy atom. The summed E-state index contributed by atoms with van der Waals surface area (Å²) >= 11 is 1.79. The van der Waals surface area contributed by atoms with Gasteiger partial charge in [0.1, 0.15) is 0 Å². The number of methoxy groups -OCH3 is 1. The van der Waals surface area contributed by atoms with Crippen LogP contribution in [0.3, 0.4) is 0 Å². The number of carbonyl (C=O) groups is 1. The van der Waals surface area contributed by atoms with Crippen LogP contribution in [-0.4, -0.2) is 19.6 Å². The van der Waals surface area contributed by atoms with Crippen LogP contribution in [0.15, 0.2) is 12.1 Å². The van der Waals surface area contributed by atoms with Crippen LogP contribution in [0, 0.1) is 11.3 Å². The zero-order valence-electron chi connectivity index (χ0n) is 11.8. The summed E-state index contributed by atoms with van der Waals surface area (Å²) in [5, 5.41) is 0. The monoisotopic (exact) mass is 281 g/mol. The van der Waals surface area contributed by atoms with Gasteiger partial charge in [0.05, 0.1) is 12.5 Å². The number of carbonyl (C=O) groups excluding carboxylic acids is 1. The van der Waals surface area contributed by atoms with Crippen LogP contribution < -0.4 is 5.73 Å². The molecule has 0 amide bonds. The van der Waals surface area contributed by atoms with Gasteiger partial charge in [-0.2, -0.15) is 0 Å². The molecule has 1 atom stereocenters. The van der Waals surface area contributed by atoms with Crippen molar-refractivity contribution in [2.75, 3.05) is 13.7 Å². The number of aryl methyl sites for hydroxylation is 1. The van der Waals surface area contributed by atoms with Crippen molar-refractivity contribution in [2.24, 2.45) is 17.1 Å². The highest BCUT2D eigenvalue weighted by molar-refractivity contribution is 7.12. The minimum Gasteiger partial charge on any atom is -0.469 e. The van der Waals surface area contributed by atoms with Gasteiger partial charge in [0, 0.05) is 16.3 Å². The van der Waals surface area contributed by atoms with Crippen molar-refractivity contribution in [2.45, 2.75) is 39.0 Å². The molecule has 106 valence electrons. The molecule has 1 aliphatic carbocycles. The Labute approximate surface area is 119 Å². The molecule has 0 aromatic carbocycles. The Kier molecular flexibility index (Phi) is 4.63. The molecule has 1 aromatic rings. The molecule has 19 heavy (non-hydrogen) atoms. The molecule has 0 aliphatic heterocycles. The summed E-state index contributed by atoms with van der Waals surface area (Å²) in [4.78, 5) is 14.8. The van der Waals surface area contributed by atoms with E-state index in [1.54, 1.807) is 11.3 Å². The van der Waals surface area contributed by atoms with Crippen LogP contribution in [0.25, 0.3) is 0 Å². The number of hydrogen-bond donors (Lipinski definition) is 1. The lowest BCUT2D eigenvalue weighted by Gasteiger charge is -2.29. The molecule has 0 saturated heterocycles. The predicted octanol–water partition coefficient (Wildman–Crippen LogP) is 2.77. The fourth-order valence-corrected chi connectivity index (χ4v) is 3.70. The van der Waals surface area contributed by atoms with Gasteiger partial charge in [-0.3, -0.25) is 4.79 Å². The highest BCUT2D eigenvalue weighted by atomic mass is 32.1. The lowest BCUT2D eigenvalue weighted by molar-refractivity contribution is -0.153. The zero-order valence-corrected chi connectivity index (χ0v) is 12.6. The summed E-state index contributed by atoms with van der Waals surface area (Å²) in [7, 11) is 1.46. The molecular weight excluding hydrogens is 258 g/mol. The maximum Gasteiger partial charge on any atom is 0.313 e. The molecule has 1 aromatic heterocycles. The molecule has 2 rings (SSSR count). The minimum absolute atomic E-state index is 0.145. The molecule has 0 spiro atoms. The van der Waals surface area contributed by atoms with Crippen molar-refractivity contribution in [3.05, 3.63) is 21.9 Å². The molecule has 1 aliphatic rings. The third-order valence-electron chi connectivity index (χ3n) is 3.96. The van der Waals surface area contributed by atoms with E-state index in [1.165, 1.54) is 29.7 Å². The van der Waals surface area contributed by atoms with Crippen LogP contribution in [-0.2, 0) is 22.4 Å². The Hall–Kier alpha value is -0.870. The molecule has 1 saturated carbocycles. The third-order valence-corrected chi connectivity index (χ3v) is 5.19. The van der Waals surface area contributed by atoms with E-state index in [-0.39, 0.29) is 5.97 Å². The lowest BCUT2D eigenvalue weighted by atomic mass is 9.79. The summed E-state index contributed by atoms with van der Waals surface area (Å²) in [6.45, 7) is 2.52. The maximum absolute atomic E-state index is 12.2. The molecule has 2 N–H and O–H groups in total. The summed E-state index contributed by atoms with van der Waals surface area (Å²) in [6.07, 6.45) is 5.08. The Morgan fingerprint density at radius 1 is 1.47 bits per heavy atom. The molecular formula is C15H23NO2S. The molecule has 3 nitrogen and oxygen atoms in total. The van der Waals surface area contributed by atoms with E-state index in [9.17, 15) is 4.79 Å². The van der Waals surface area contributed by atoms with E-state index in [1.807, 2.05) is 0 Å². The second kappa shape index (κ2) is 6.06. The number of ether oxygens (including phenoxy) is 1. The molecule has 0 bridgehead atoms. The van der Waals surface area contributed by atoms with Crippen molar-refractivity contribution in [1.82, 2.24) is 0 Å². The van der Waals surface area contributed by atoms with Crippen LogP contribution in [0.2, 0.25) is 0 Å². The SMILES string of the molecule is CCc1ccc(CC(CN)(CC2CC2)C(=O)OC)s1. The quantitative estimate of drug-likeness (QED) is 0.782. The Balaban J connectivity index is 2.17. The maximum atomic E-state index is 12.2. The summed E-state index contributed by atoms with van der Waals surface area (Å²) in [6, 6.07) is 4.28. The molecule has 4 heteroatoms. The van der Waals surface area contributed by atoms with E-state index in [2.05, 4.69) is 19.1 Å². The van der Waals surface area contributed by atoms with Crippen LogP contribution in [0.4, 0.5) is 0 Å². The van der Waals surface area contributed by atoms with Gasteiger partial charge in [-0.25, -0.2) is 0 Å². The van der Waals surface area contributed by atoms with Gasteiger partial charge in [-0.15, -0.1) is 11.3 Å². The standard InChI is InChI=1S/C15H23NO2S/c1-3-12-6-7-13(19-12)9-15(10-16,14(17)18-2)8-11-4-5-11/h6-7,11H,3-5,8-10,16H2,1-2H3. The molecule has 1 heterocycles. The lowest BCUT2D eigenvalue weighted by Crippen LogP contribution is -2.41. The first-order valence-corrected chi connectivity index (χ1v) is 7.81. The third kappa shape index (κ3) is 3.37. The topological polar surface area (TPSA) is 52.3 Å². The zero-order chi connectivity index (χ0) is 13.9. The van der Waals surface area contributed by atoms with Crippen LogP contribution in [0.5, 0.6) is 0 Å². The normalized spacial score (nSPS) is 18.1. The van der Waals surface area contributed by atoms with Gasteiger partial charge in [-0.05, 0) is 37.3 Å². The first kappa shape index (κ1) is 14.5. The van der Waals surface area contributed by atoms with Crippen molar-refractivity contribution < 1.29 is 9.53 Å². The fraction of sp³-hybridized carbons (Fsp3) is 0.667. The van der Waals surface area contributed by atoms with Crippen molar-refractivity contribution in [1.29, 1.82) is 0 Å². The van der Waals surface area contributed by atoms with Gasteiger partial charge < -0.3 is 10.5 Å². The minimum atomic E-state index is -0.522. The number of thiophene rings is 1. The van der Waals surface area contributed by atoms with Crippen LogP contribution in [0.1, 0.15) is 35.9 Å². The first-order chi connectivity index (χ1) is 9.13. The molecule has 0 radical (unpaired) electrons. The fourth-order valence-electron chi connectivity index (χ4n) is 2.60. The van der Waals surface area contributed by atoms with Gasteiger partial charge in [0.2, 0.25) is 0 Å². The summed E-state index contributed by atoms with van der Waals surface area (Å²) in [5.74, 6) is 0.515. The Bertz CT molecular complexity index is 439. The van der Waals surface area contributed by atoms with E-state index in [0.717, 1.165) is 19.3 Å². The van der Waals surface area contributed by atoms with Crippen molar-refractivity contribution in [3.63, 3.8) is 0 Å². The summed E-state index contributed by atoms with van der Waals surface area (Å²) in [5.41, 5.74) is 5.43. The average Bonchev–Trinajstić information content (AvgIpc) is 3.13. The first-order valence-electron chi connectivity index (χ1n) is 6.99. The number of esters is 1. The van der Waals surface area contributed by atoms with E-state index in [4.69, 9.17) is 10.5 Å². The predicted molar refractivity (Wildman–Crippen MR) is 78.2 cm³/mol. The van der Waals surface area contributed by atoms with E-state index in [0.29, 0.717) is 12.5 Å².